The Morgan fingerprint density at radius 2 is 1.95 bits per heavy atom. The predicted octanol–water partition coefficient (Wildman–Crippen LogP) is 3.22. The Bertz CT molecular complexity index is 484. The molecule has 1 aliphatic rings. The second kappa shape index (κ2) is 7.04. The monoisotopic (exact) mass is 337 g/mol. The number of hydrogen-bond acceptors (Lipinski definition) is 2. The molecule has 20 heavy (non-hydrogen) atoms. The first-order valence-electron chi connectivity index (χ1n) is 6.96. The Labute approximate surface area is 128 Å². The first kappa shape index (κ1) is 15.3. The lowest BCUT2D eigenvalue weighted by molar-refractivity contribution is -0.130. The Balaban J connectivity index is 1.98. The number of aliphatic hydroxyl groups is 1. The zero-order chi connectivity index (χ0) is 14.5. The lowest BCUT2D eigenvalue weighted by atomic mass is 9.91. The van der Waals surface area contributed by atoms with E-state index in [1.165, 1.54) is 0 Å². The van der Waals surface area contributed by atoms with E-state index in [4.69, 9.17) is 0 Å². The highest BCUT2D eigenvalue weighted by Gasteiger charge is 2.28. The largest absolute Gasteiger partial charge is 0.391 e. The molecular weight excluding hydrogens is 318 g/mol. The van der Waals surface area contributed by atoms with Gasteiger partial charge in [-0.25, -0.2) is 0 Å². The topological polar surface area (TPSA) is 40.5 Å². The molecule has 108 valence electrons. The summed E-state index contributed by atoms with van der Waals surface area (Å²) in [6, 6.07) is 7.73. The molecule has 0 radical (unpaired) electrons. The summed E-state index contributed by atoms with van der Waals surface area (Å²) in [5.41, 5.74) is 0.985. The molecule has 2 unspecified atom stereocenters. The molecule has 1 amide bonds. The highest BCUT2D eigenvalue weighted by molar-refractivity contribution is 9.10. The fourth-order valence-corrected chi connectivity index (χ4v) is 2.83. The van der Waals surface area contributed by atoms with Crippen molar-refractivity contribution in [2.24, 2.45) is 0 Å². The Hall–Kier alpha value is -1.13. The SMILES string of the molecule is CN(C(=O)/C=C/c1ccc(Br)cc1)C1CCCCC1O. The molecule has 1 aromatic carbocycles. The zero-order valence-electron chi connectivity index (χ0n) is 11.6. The van der Waals surface area contributed by atoms with Gasteiger partial charge in [-0.1, -0.05) is 40.9 Å². The van der Waals surface area contributed by atoms with Gasteiger partial charge < -0.3 is 10.0 Å². The summed E-state index contributed by atoms with van der Waals surface area (Å²) in [5, 5.41) is 9.98. The van der Waals surface area contributed by atoms with Crippen molar-refractivity contribution in [3.63, 3.8) is 0 Å². The summed E-state index contributed by atoms with van der Waals surface area (Å²) in [5.74, 6) is -0.0566. The first-order chi connectivity index (χ1) is 9.58. The number of aliphatic hydroxyl groups excluding tert-OH is 1. The van der Waals surface area contributed by atoms with E-state index in [1.54, 1.807) is 24.1 Å². The van der Waals surface area contributed by atoms with E-state index in [1.807, 2.05) is 24.3 Å². The van der Waals surface area contributed by atoms with E-state index in [0.29, 0.717) is 0 Å². The van der Waals surface area contributed by atoms with Crippen molar-refractivity contribution in [2.75, 3.05) is 7.05 Å². The molecule has 0 saturated heterocycles. The van der Waals surface area contributed by atoms with Crippen LogP contribution < -0.4 is 0 Å². The molecule has 4 heteroatoms. The molecule has 0 bridgehead atoms. The Morgan fingerprint density at radius 1 is 1.30 bits per heavy atom. The summed E-state index contributed by atoms with van der Waals surface area (Å²) >= 11 is 3.38. The standard InChI is InChI=1S/C16H20BrNO2/c1-18(14-4-2-3-5-15(14)19)16(20)11-8-12-6-9-13(17)10-7-12/h6-11,14-15,19H,2-5H2,1H3/b11-8+. The van der Waals surface area contributed by atoms with E-state index in [-0.39, 0.29) is 11.9 Å². The smallest absolute Gasteiger partial charge is 0.246 e. The number of likely N-dealkylation sites (N-methyl/N-ethyl adjacent to an activating group) is 1. The van der Waals surface area contributed by atoms with E-state index < -0.39 is 6.10 Å². The number of hydrogen-bond donors (Lipinski definition) is 1. The number of halogens is 1. The molecule has 1 aromatic rings. The number of carbonyl (C=O) groups is 1. The van der Waals surface area contributed by atoms with Gasteiger partial charge in [0.05, 0.1) is 12.1 Å². The van der Waals surface area contributed by atoms with E-state index in [0.717, 1.165) is 35.7 Å². The van der Waals surface area contributed by atoms with Gasteiger partial charge in [-0.05, 0) is 36.6 Å². The summed E-state index contributed by atoms with van der Waals surface area (Å²) in [7, 11) is 1.77. The molecule has 1 N–H and O–H groups in total. The van der Waals surface area contributed by atoms with Gasteiger partial charge in [0, 0.05) is 17.6 Å². The molecule has 1 aliphatic carbocycles. The first-order valence-corrected chi connectivity index (χ1v) is 7.76. The van der Waals surface area contributed by atoms with E-state index in [9.17, 15) is 9.90 Å². The number of carbonyl (C=O) groups excluding carboxylic acids is 1. The van der Waals surface area contributed by atoms with E-state index in [2.05, 4.69) is 15.9 Å². The number of amides is 1. The maximum Gasteiger partial charge on any atom is 0.246 e. The highest BCUT2D eigenvalue weighted by atomic mass is 79.9. The highest BCUT2D eigenvalue weighted by Crippen LogP contribution is 2.22. The second-order valence-electron chi connectivity index (χ2n) is 5.25. The number of nitrogens with zero attached hydrogens (tertiary/aromatic N) is 1. The Kier molecular flexibility index (Phi) is 5.38. The summed E-state index contributed by atoms with van der Waals surface area (Å²) in [6.45, 7) is 0. The third-order valence-electron chi connectivity index (χ3n) is 3.83. The van der Waals surface area contributed by atoms with Gasteiger partial charge in [-0.2, -0.15) is 0 Å². The number of rotatable bonds is 3. The van der Waals surface area contributed by atoms with Crippen LogP contribution >= 0.6 is 15.9 Å². The van der Waals surface area contributed by atoms with Crippen LogP contribution in [0.5, 0.6) is 0 Å². The quantitative estimate of drug-likeness (QED) is 0.860. The van der Waals surface area contributed by atoms with Crippen LogP contribution in [-0.2, 0) is 4.79 Å². The lowest BCUT2D eigenvalue weighted by Gasteiger charge is -2.34. The van der Waals surface area contributed by atoms with Crippen molar-refractivity contribution in [3.05, 3.63) is 40.4 Å². The molecule has 0 heterocycles. The number of benzene rings is 1. The van der Waals surface area contributed by atoms with Crippen LogP contribution in [0.3, 0.4) is 0 Å². The van der Waals surface area contributed by atoms with Gasteiger partial charge in [0.15, 0.2) is 0 Å². The van der Waals surface area contributed by atoms with Crippen molar-refractivity contribution < 1.29 is 9.90 Å². The van der Waals surface area contributed by atoms with Gasteiger partial charge in [0.25, 0.3) is 0 Å². The summed E-state index contributed by atoms with van der Waals surface area (Å²) in [6.07, 6.45) is 6.79. The Morgan fingerprint density at radius 3 is 2.60 bits per heavy atom. The molecule has 1 fully saturated rings. The molecule has 0 spiro atoms. The third-order valence-corrected chi connectivity index (χ3v) is 4.36. The van der Waals surface area contributed by atoms with Crippen LogP contribution in [0.4, 0.5) is 0 Å². The fourth-order valence-electron chi connectivity index (χ4n) is 2.57. The van der Waals surface area contributed by atoms with Gasteiger partial charge in [-0.3, -0.25) is 4.79 Å². The van der Waals surface area contributed by atoms with Crippen molar-refractivity contribution in [2.45, 2.75) is 37.8 Å². The van der Waals surface area contributed by atoms with E-state index >= 15 is 0 Å². The van der Waals surface area contributed by atoms with Crippen LogP contribution in [0, 0.1) is 0 Å². The van der Waals surface area contributed by atoms with Crippen molar-refractivity contribution in [3.8, 4) is 0 Å². The molecule has 1 saturated carbocycles. The lowest BCUT2D eigenvalue weighted by Crippen LogP contribution is -2.45. The van der Waals surface area contributed by atoms with Gasteiger partial charge in [-0.15, -0.1) is 0 Å². The third kappa shape index (κ3) is 3.93. The minimum atomic E-state index is -0.390. The van der Waals surface area contributed by atoms with Crippen LogP contribution in [0.1, 0.15) is 31.2 Å². The minimum Gasteiger partial charge on any atom is -0.391 e. The fraction of sp³-hybridized carbons (Fsp3) is 0.438. The normalized spacial score (nSPS) is 22.9. The second-order valence-corrected chi connectivity index (χ2v) is 6.17. The summed E-state index contributed by atoms with van der Waals surface area (Å²) < 4.78 is 1.02. The summed E-state index contributed by atoms with van der Waals surface area (Å²) in [4.78, 5) is 13.8. The molecule has 0 aliphatic heterocycles. The van der Waals surface area contributed by atoms with Crippen LogP contribution in [-0.4, -0.2) is 35.1 Å². The average molecular weight is 338 g/mol. The maximum absolute atomic E-state index is 12.1. The zero-order valence-corrected chi connectivity index (χ0v) is 13.2. The van der Waals surface area contributed by atoms with Crippen LogP contribution in [0.2, 0.25) is 0 Å². The molecule has 2 atom stereocenters. The van der Waals surface area contributed by atoms with Crippen molar-refractivity contribution >= 4 is 27.9 Å². The van der Waals surface area contributed by atoms with Crippen LogP contribution in [0.15, 0.2) is 34.8 Å². The van der Waals surface area contributed by atoms with Gasteiger partial charge >= 0.3 is 0 Å². The molecule has 2 rings (SSSR count). The predicted molar refractivity (Wildman–Crippen MR) is 84.2 cm³/mol. The molecule has 3 nitrogen and oxygen atoms in total. The maximum atomic E-state index is 12.1. The minimum absolute atomic E-state index is 0.0502. The molecular formula is C16H20BrNO2. The van der Waals surface area contributed by atoms with Crippen LogP contribution in [0.25, 0.3) is 6.08 Å². The van der Waals surface area contributed by atoms with Gasteiger partial charge in [0.1, 0.15) is 0 Å². The van der Waals surface area contributed by atoms with Crippen molar-refractivity contribution in [1.29, 1.82) is 0 Å². The van der Waals surface area contributed by atoms with Gasteiger partial charge in [0.2, 0.25) is 5.91 Å². The van der Waals surface area contributed by atoms with Crippen molar-refractivity contribution in [1.82, 2.24) is 4.90 Å². The average Bonchev–Trinajstić information content (AvgIpc) is 2.46. The molecule has 0 aromatic heterocycles.